The first kappa shape index (κ1) is 30.4. The molecule has 5 aromatic carbocycles. The molecular weight excluding hydrogens is 590 g/mol. The monoisotopic (exact) mass is 617 g/mol. The Morgan fingerprint density at radius 3 is 1.84 bits per heavy atom. The molecule has 6 nitrogen and oxygen atoms in total. The highest BCUT2D eigenvalue weighted by molar-refractivity contribution is 8.00. The van der Waals surface area contributed by atoms with Gasteiger partial charge in [0.1, 0.15) is 10.9 Å². The van der Waals surface area contributed by atoms with Crippen LogP contribution in [0, 0.1) is 0 Å². The maximum Gasteiger partial charge on any atom is 0.272 e. The van der Waals surface area contributed by atoms with Gasteiger partial charge in [0.2, 0.25) is 5.91 Å². The molecule has 0 bridgehead atoms. The molecule has 0 aliphatic carbocycles. The van der Waals surface area contributed by atoms with Gasteiger partial charge in [-0.2, -0.15) is 0 Å². The van der Waals surface area contributed by atoms with Gasteiger partial charge >= 0.3 is 0 Å². The van der Waals surface area contributed by atoms with Crippen LogP contribution in [0.1, 0.15) is 26.7 Å². The van der Waals surface area contributed by atoms with Crippen LogP contribution in [0.15, 0.2) is 150 Å². The molecule has 8 heteroatoms. The third-order valence-corrected chi connectivity index (χ3v) is 7.98. The molecular formula is C36H28ClN3O3S. The van der Waals surface area contributed by atoms with E-state index in [0.717, 1.165) is 16.1 Å². The lowest BCUT2D eigenvalue weighted by Crippen LogP contribution is -2.30. The summed E-state index contributed by atoms with van der Waals surface area (Å²) < 4.78 is 0. The molecule has 1 unspecified atom stereocenters. The molecule has 0 saturated heterocycles. The second-order valence-corrected chi connectivity index (χ2v) is 11.3. The number of thioether (sulfide) groups is 1. The van der Waals surface area contributed by atoms with Crippen LogP contribution in [0.3, 0.4) is 0 Å². The Morgan fingerprint density at radius 1 is 0.636 bits per heavy atom. The molecule has 5 aromatic rings. The highest BCUT2D eigenvalue weighted by atomic mass is 35.5. The zero-order valence-corrected chi connectivity index (χ0v) is 25.0. The number of hydrogen-bond acceptors (Lipinski definition) is 4. The van der Waals surface area contributed by atoms with Gasteiger partial charge in [0, 0.05) is 26.9 Å². The van der Waals surface area contributed by atoms with Crippen LogP contribution in [0.4, 0.5) is 11.4 Å². The van der Waals surface area contributed by atoms with Crippen LogP contribution in [0.25, 0.3) is 6.08 Å². The highest BCUT2D eigenvalue weighted by Crippen LogP contribution is 2.36. The number of halogens is 1. The zero-order valence-electron chi connectivity index (χ0n) is 23.4. The van der Waals surface area contributed by atoms with E-state index in [2.05, 4.69) is 16.0 Å². The van der Waals surface area contributed by atoms with Crippen molar-refractivity contribution in [2.24, 2.45) is 0 Å². The number of rotatable bonds is 10. The van der Waals surface area contributed by atoms with Crippen molar-refractivity contribution in [3.05, 3.63) is 167 Å². The average molecular weight is 618 g/mol. The topological polar surface area (TPSA) is 87.3 Å². The van der Waals surface area contributed by atoms with E-state index in [-0.39, 0.29) is 11.6 Å². The van der Waals surface area contributed by atoms with Crippen molar-refractivity contribution in [2.45, 2.75) is 10.1 Å². The number of benzene rings is 5. The van der Waals surface area contributed by atoms with Crippen molar-refractivity contribution >= 4 is 58.5 Å². The van der Waals surface area contributed by atoms with Crippen molar-refractivity contribution in [2.75, 3.05) is 10.6 Å². The van der Waals surface area contributed by atoms with Gasteiger partial charge in [0.15, 0.2) is 0 Å². The third kappa shape index (κ3) is 8.47. The summed E-state index contributed by atoms with van der Waals surface area (Å²) in [7, 11) is 0. The Labute approximate surface area is 265 Å². The second-order valence-electron chi connectivity index (χ2n) is 9.67. The quantitative estimate of drug-likeness (QED) is 0.109. The maximum absolute atomic E-state index is 13.4. The summed E-state index contributed by atoms with van der Waals surface area (Å²) in [6, 6.07) is 41.7. The number of anilines is 2. The summed E-state index contributed by atoms with van der Waals surface area (Å²) in [5.41, 5.74) is 3.31. The van der Waals surface area contributed by atoms with Crippen LogP contribution in [-0.4, -0.2) is 17.7 Å². The highest BCUT2D eigenvalue weighted by Gasteiger charge is 2.22. The van der Waals surface area contributed by atoms with Gasteiger partial charge < -0.3 is 16.0 Å². The molecule has 0 aromatic heterocycles. The lowest BCUT2D eigenvalue weighted by Gasteiger charge is -2.17. The van der Waals surface area contributed by atoms with E-state index in [1.54, 1.807) is 66.7 Å². The van der Waals surface area contributed by atoms with E-state index >= 15 is 0 Å². The van der Waals surface area contributed by atoms with Gasteiger partial charge in [-0.25, -0.2) is 0 Å². The predicted molar refractivity (Wildman–Crippen MR) is 179 cm³/mol. The average Bonchev–Trinajstić information content (AvgIpc) is 3.06. The molecule has 218 valence electrons. The lowest BCUT2D eigenvalue weighted by molar-refractivity contribution is -0.116. The van der Waals surface area contributed by atoms with Gasteiger partial charge in [-0.15, -0.1) is 11.8 Å². The SMILES string of the molecule is O=C(Nc1ccc(SC(C(=O)Nc2ccccc2)c2ccccc2)cc1)/C(=C/c1ccc(Cl)cc1)NC(=O)c1ccccc1. The Bertz CT molecular complexity index is 1750. The van der Waals surface area contributed by atoms with E-state index < -0.39 is 17.1 Å². The molecule has 44 heavy (non-hydrogen) atoms. The fraction of sp³-hybridized carbons (Fsp3) is 0.0278. The normalized spacial score (nSPS) is 11.7. The zero-order chi connectivity index (χ0) is 30.7. The second kappa shape index (κ2) is 14.9. The van der Waals surface area contributed by atoms with Gasteiger partial charge in [-0.3, -0.25) is 14.4 Å². The number of amides is 3. The first-order valence-electron chi connectivity index (χ1n) is 13.8. The van der Waals surface area contributed by atoms with E-state index in [4.69, 9.17) is 11.6 Å². The van der Waals surface area contributed by atoms with Crippen LogP contribution in [-0.2, 0) is 9.59 Å². The summed E-state index contributed by atoms with van der Waals surface area (Å²) in [5.74, 6) is -1.04. The maximum atomic E-state index is 13.4. The van der Waals surface area contributed by atoms with Crippen LogP contribution in [0.2, 0.25) is 5.02 Å². The minimum Gasteiger partial charge on any atom is -0.325 e. The Kier molecular flexibility index (Phi) is 10.3. The molecule has 0 heterocycles. The summed E-state index contributed by atoms with van der Waals surface area (Å²) in [6.07, 6.45) is 1.59. The number of para-hydroxylation sites is 1. The Balaban J connectivity index is 1.32. The van der Waals surface area contributed by atoms with Crippen molar-refractivity contribution in [1.29, 1.82) is 0 Å². The van der Waals surface area contributed by atoms with E-state index in [1.165, 1.54) is 11.8 Å². The number of carbonyl (C=O) groups is 3. The van der Waals surface area contributed by atoms with Crippen molar-refractivity contribution < 1.29 is 14.4 Å². The van der Waals surface area contributed by atoms with E-state index in [0.29, 0.717) is 21.8 Å². The van der Waals surface area contributed by atoms with Crippen LogP contribution in [0.5, 0.6) is 0 Å². The minimum atomic E-state index is -0.501. The summed E-state index contributed by atoms with van der Waals surface area (Å²) >= 11 is 7.43. The van der Waals surface area contributed by atoms with Gasteiger partial charge in [0.05, 0.1) is 0 Å². The third-order valence-electron chi connectivity index (χ3n) is 6.46. The standard InChI is InChI=1S/C36H28ClN3O3S/c37-28-18-16-25(17-19-28)24-32(40-34(41)27-12-6-2-7-13-27)35(42)38-30-20-22-31(23-21-30)44-33(26-10-4-1-5-11-26)36(43)39-29-14-8-3-9-15-29/h1-24,33H,(H,38,42)(H,39,43)(H,40,41)/b32-24-. The molecule has 0 spiro atoms. The van der Waals surface area contributed by atoms with Gasteiger partial charge in [-0.1, -0.05) is 90.5 Å². The molecule has 3 amide bonds. The van der Waals surface area contributed by atoms with Crippen molar-refractivity contribution in [3.63, 3.8) is 0 Å². The van der Waals surface area contributed by atoms with Gasteiger partial charge in [0.25, 0.3) is 11.8 Å². The number of carbonyl (C=O) groups excluding carboxylic acids is 3. The Hall–Kier alpha value is -5.11. The number of hydrogen-bond donors (Lipinski definition) is 3. The Morgan fingerprint density at radius 2 is 1.20 bits per heavy atom. The molecule has 3 N–H and O–H groups in total. The summed E-state index contributed by atoms with van der Waals surface area (Å²) in [6.45, 7) is 0. The van der Waals surface area contributed by atoms with Crippen LogP contribution < -0.4 is 16.0 Å². The molecule has 0 aliphatic rings. The molecule has 0 saturated carbocycles. The smallest absolute Gasteiger partial charge is 0.272 e. The molecule has 1 atom stereocenters. The fourth-order valence-electron chi connectivity index (χ4n) is 4.25. The fourth-order valence-corrected chi connectivity index (χ4v) is 5.40. The molecule has 0 fully saturated rings. The van der Waals surface area contributed by atoms with Crippen LogP contribution >= 0.6 is 23.4 Å². The summed E-state index contributed by atoms with van der Waals surface area (Å²) in [5, 5.41) is 8.65. The van der Waals surface area contributed by atoms with E-state index in [1.807, 2.05) is 78.9 Å². The lowest BCUT2D eigenvalue weighted by atomic mass is 10.1. The molecule has 0 radical (unpaired) electrons. The minimum absolute atomic E-state index is 0.0707. The molecule has 5 rings (SSSR count). The molecule has 0 aliphatic heterocycles. The van der Waals surface area contributed by atoms with Crippen molar-refractivity contribution in [1.82, 2.24) is 5.32 Å². The van der Waals surface area contributed by atoms with Gasteiger partial charge in [-0.05, 0) is 77.9 Å². The van der Waals surface area contributed by atoms with Crippen molar-refractivity contribution in [3.8, 4) is 0 Å². The summed E-state index contributed by atoms with van der Waals surface area (Å²) in [4.78, 5) is 40.5. The van der Waals surface area contributed by atoms with E-state index in [9.17, 15) is 14.4 Å². The first-order valence-corrected chi connectivity index (χ1v) is 15.0. The number of nitrogens with one attached hydrogen (secondary N) is 3. The largest absolute Gasteiger partial charge is 0.325 e. The first-order chi connectivity index (χ1) is 21.4. The predicted octanol–water partition coefficient (Wildman–Crippen LogP) is 8.22.